The molecule has 0 aromatic carbocycles. The van der Waals surface area contributed by atoms with Crippen molar-refractivity contribution >= 4 is 11.9 Å². The number of rotatable bonds is 7. The molecule has 0 saturated heterocycles. The highest BCUT2D eigenvalue weighted by Gasteiger charge is 2.58. The third kappa shape index (κ3) is 2.97. The second-order valence-corrected chi connectivity index (χ2v) is 4.36. The average molecular weight is 244 g/mol. The number of aliphatic carboxylic acids is 1. The van der Waals surface area contributed by atoms with Crippen LogP contribution in [0.2, 0.25) is 0 Å². The number of hydrogen-bond acceptors (Lipinski definition) is 4. The zero-order valence-corrected chi connectivity index (χ0v) is 10.4. The van der Waals surface area contributed by atoms with Crippen molar-refractivity contribution in [2.45, 2.75) is 45.6 Å². The first-order valence-corrected chi connectivity index (χ1v) is 6.09. The Hall–Kier alpha value is -1.10. The van der Waals surface area contributed by atoms with Crippen molar-refractivity contribution in [3.63, 3.8) is 0 Å². The van der Waals surface area contributed by atoms with Gasteiger partial charge in [0.25, 0.3) is 0 Å². The van der Waals surface area contributed by atoms with Crippen molar-refractivity contribution in [3.05, 3.63) is 0 Å². The molecule has 5 nitrogen and oxygen atoms in total. The average Bonchev–Trinajstić information content (AvgIpc) is 2.21. The van der Waals surface area contributed by atoms with Crippen molar-refractivity contribution in [1.29, 1.82) is 0 Å². The van der Waals surface area contributed by atoms with Gasteiger partial charge in [-0.25, -0.2) is 0 Å². The van der Waals surface area contributed by atoms with Crippen LogP contribution in [0.5, 0.6) is 0 Å². The molecule has 1 aliphatic rings. The summed E-state index contributed by atoms with van der Waals surface area (Å²) in [4.78, 5) is 22.7. The second-order valence-electron chi connectivity index (χ2n) is 4.36. The summed E-state index contributed by atoms with van der Waals surface area (Å²) >= 11 is 0. The predicted molar refractivity (Wildman–Crippen MR) is 60.6 cm³/mol. The van der Waals surface area contributed by atoms with E-state index in [9.17, 15) is 9.59 Å². The van der Waals surface area contributed by atoms with E-state index < -0.39 is 17.4 Å². The van der Waals surface area contributed by atoms with E-state index in [4.69, 9.17) is 14.6 Å². The molecule has 0 radical (unpaired) electrons. The molecule has 0 atom stereocenters. The van der Waals surface area contributed by atoms with Crippen LogP contribution < -0.4 is 0 Å². The minimum absolute atomic E-state index is 0.123. The van der Waals surface area contributed by atoms with E-state index in [0.29, 0.717) is 6.61 Å². The number of carboxylic acid groups (broad SMARTS) is 1. The maximum absolute atomic E-state index is 11.6. The van der Waals surface area contributed by atoms with Gasteiger partial charge in [0.15, 0.2) is 5.41 Å². The lowest BCUT2D eigenvalue weighted by atomic mass is 9.66. The predicted octanol–water partition coefficient (Wildman–Crippen LogP) is 1.60. The van der Waals surface area contributed by atoms with Crippen molar-refractivity contribution in [2.24, 2.45) is 5.41 Å². The summed E-state index contributed by atoms with van der Waals surface area (Å²) < 4.78 is 10.3. The molecule has 0 heterocycles. The van der Waals surface area contributed by atoms with E-state index in [0.717, 1.165) is 12.8 Å². The monoisotopic (exact) mass is 244 g/mol. The first-order chi connectivity index (χ1) is 8.06. The molecule has 17 heavy (non-hydrogen) atoms. The molecular weight excluding hydrogens is 224 g/mol. The lowest BCUT2D eigenvalue weighted by Crippen LogP contribution is -2.54. The number of esters is 1. The number of carbonyl (C=O) groups is 2. The van der Waals surface area contributed by atoms with Crippen LogP contribution in [0.25, 0.3) is 0 Å². The molecule has 0 amide bonds. The Balaban J connectivity index is 2.46. The lowest BCUT2D eigenvalue weighted by Gasteiger charge is -2.41. The highest BCUT2D eigenvalue weighted by Crippen LogP contribution is 2.44. The van der Waals surface area contributed by atoms with Crippen molar-refractivity contribution in [2.75, 3.05) is 13.2 Å². The van der Waals surface area contributed by atoms with Crippen LogP contribution >= 0.6 is 0 Å². The van der Waals surface area contributed by atoms with Gasteiger partial charge in [-0.3, -0.25) is 9.59 Å². The van der Waals surface area contributed by atoms with Gasteiger partial charge in [-0.2, -0.15) is 0 Å². The number of carboxylic acids is 1. The maximum Gasteiger partial charge on any atom is 0.323 e. The number of hydrogen-bond donors (Lipinski definition) is 1. The normalized spacial score (nSPS) is 27.3. The van der Waals surface area contributed by atoms with Gasteiger partial charge in [0.2, 0.25) is 0 Å². The Morgan fingerprint density at radius 1 is 1.35 bits per heavy atom. The first-order valence-electron chi connectivity index (χ1n) is 6.09. The van der Waals surface area contributed by atoms with Crippen LogP contribution in [-0.4, -0.2) is 36.4 Å². The summed E-state index contributed by atoms with van der Waals surface area (Å²) in [7, 11) is 0. The molecule has 98 valence electrons. The van der Waals surface area contributed by atoms with Crippen LogP contribution in [0.4, 0.5) is 0 Å². The van der Waals surface area contributed by atoms with Gasteiger partial charge in [0.1, 0.15) is 0 Å². The summed E-state index contributed by atoms with van der Waals surface area (Å²) in [6.45, 7) is 4.56. The summed E-state index contributed by atoms with van der Waals surface area (Å²) in [5.74, 6) is -1.74. The van der Waals surface area contributed by atoms with Gasteiger partial charge in [-0.15, -0.1) is 0 Å². The summed E-state index contributed by atoms with van der Waals surface area (Å²) in [6.07, 6.45) is 2.32. The van der Waals surface area contributed by atoms with E-state index in [1.165, 1.54) is 0 Å². The van der Waals surface area contributed by atoms with Gasteiger partial charge < -0.3 is 14.6 Å². The molecule has 0 aromatic rings. The van der Waals surface area contributed by atoms with Crippen LogP contribution in [0, 0.1) is 5.41 Å². The van der Waals surface area contributed by atoms with Gasteiger partial charge in [0, 0.05) is 19.4 Å². The van der Waals surface area contributed by atoms with Crippen LogP contribution in [0.1, 0.15) is 39.5 Å². The molecule has 1 aliphatic carbocycles. The molecule has 1 fully saturated rings. The van der Waals surface area contributed by atoms with Crippen molar-refractivity contribution in [3.8, 4) is 0 Å². The van der Waals surface area contributed by atoms with Gasteiger partial charge in [0.05, 0.1) is 12.7 Å². The Morgan fingerprint density at radius 3 is 2.47 bits per heavy atom. The van der Waals surface area contributed by atoms with Gasteiger partial charge >= 0.3 is 11.9 Å². The maximum atomic E-state index is 11.6. The zero-order valence-electron chi connectivity index (χ0n) is 10.4. The van der Waals surface area contributed by atoms with Crippen LogP contribution in [-0.2, 0) is 19.1 Å². The highest BCUT2D eigenvalue weighted by molar-refractivity contribution is 6.00. The second kappa shape index (κ2) is 6.00. The fourth-order valence-electron chi connectivity index (χ4n) is 1.93. The molecule has 1 rings (SSSR count). The molecule has 1 saturated carbocycles. The summed E-state index contributed by atoms with van der Waals surface area (Å²) in [5, 5.41) is 9.11. The van der Waals surface area contributed by atoms with Crippen LogP contribution in [0.3, 0.4) is 0 Å². The van der Waals surface area contributed by atoms with Gasteiger partial charge in [-0.1, -0.05) is 13.3 Å². The van der Waals surface area contributed by atoms with Crippen LogP contribution in [0.15, 0.2) is 0 Å². The molecule has 1 N–H and O–H groups in total. The Labute approximate surface area is 101 Å². The molecule has 5 heteroatoms. The zero-order chi connectivity index (χ0) is 12.9. The number of unbranched alkanes of at least 4 members (excludes halogenated alkanes) is 1. The lowest BCUT2D eigenvalue weighted by molar-refractivity contribution is -0.188. The summed E-state index contributed by atoms with van der Waals surface area (Å²) in [6, 6.07) is 0. The Morgan fingerprint density at radius 2 is 2.00 bits per heavy atom. The fourth-order valence-corrected chi connectivity index (χ4v) is 1.93. The third-order valence-electron chi connectivity index (χ3n) is 3.08. The molecular formula is C12H20O5. The van der Waals surface area contributed by atoms with E-state index in [1.54, 1.807) is 6.92 Å². The molecule has 0 bridgehead atoms. The molecule has 0 aromatic heterocycles. The Kier molecular flexibility index (Phi) is 4.93. The number of ether oxygens (including phenoxy) is 2. The molecule has 0 unspecified atom stereocenters. The quantitative estimate of drug-likeness (QED) is 0.418. The largest absolute Gasteiger partial charge is 0.480 e. The summed E-state index contributed by atoms with van der Waals surface area (Å²) in [5.41, 5.74) is -1.37. The minimum atomic E-state index is -1.37. The van der Waals surface area contributed by atoms with E-state index >= 15 is 0 Å². The van der Waals surface area contributed by atoms with Crippen molar-refractivity contribution < 1.29 is 24.2 Å². The highest BCUT2D eigenvalue weighted by atomic mass is 16.5. The standard InChI is InChI=1S/C12H20O5/c1-3-5-6-17-9-7-12(8-9,10(13)14)11(15)16-4-2/h9H,3-8H2,1-2H3,(H,13,14). The third-order valence-corrected chi connectivity index (χ3v) is 3.08. The SMILES string of the molecule is CCCCOC1CC(C(=O)O)(C(=O)OCC)C1. The Bertz CT molecular complexity index is 281. The van der Waals surface area contributed by atoms with Gasteiger partial charge in [-0.05, 0) is 13.3 Å². The smallest absolute Gasteiger partial charge is 0.323 e. The molecule has 0 spiro atoms. The van der Waals surface area contributed by atoms with E-state index in [2.05, 4.69) is 6.92 Å². The minimum Gasteiger partial charge on any atom is -0.480 e. The fraction of sp³-hybridized carbons (Fsp3) is 0.833. The number of carbonyl (C=O) groups excluding carboxylic acids is 1. The van der Waals surface area contributed by atoms with E-state index in [1.807, 2.05) is 0 Å². The topological polar surface area (TPSA) is 72.8 Å². The molecule has 0 aliphatic heterocycles. The first kappa shape index (κ1) is 14.0. The van der Waals surface area contributed by atoms with E-state index in [-0.39, 0.29) is 25.6 Å². The van der Waals surface area contributed by atoms with Crippen molar-refractivity contribution in [1.82, 2.24) is 0 Å².